The highest BCUT2D eigenvalue weighted by atomic mass is 16.4. The summed E-state index contributed by atoms with van der Waals surface area (Å²) in [5.74, 6) is -0.884. The van der Waals surface area contributed by atoms with E-state index in [4.69, 9.17) is 16.0 Å². The van der Waals surface area contributed by atoms with Crippen molar-refractivity contribution in [2.45, 2.75) is 12.5 Å². The Hall–Kier alpha value is -2.12. The van der Waals surface area contributed by atoms with Crippen molar-refractivity contribution in [1.29, 1.82) is 0 Å². The number of hydrogen-bond donors (Lipinski definition) is 5. The minimum atomic E-state index is -0.884. The Labute approximate surface area is 110 Å². The SMILES string of the molecule is N/C(=N\O)c1ccc(C(O)CNCCC(=O)O)cc1. The molecule has 0 aliphatic heterocycles. The van der Waals surface area contributed by atoms with Crippen molar-refractivity contribution in [3.05, 3.63) is 35.4 Å². The summed E-state index contributed by atoms with van der Waals surface area (Å²) in [4.78, 5) is 10.3. The lowest BCUT2D eigenvalue weighted by molar-refractivity contribution is -0.136. The van der Waals surface area contributed by atoms with Crippen molar-refractivity contribution >= 4 is 11.8 Å². The van der Waals surface area contributed by atoms with Gasteiger partial charge in [0.2, 0.25) is 0 Å². The number of carboxylic acids is 1. The molecule has 1 aromatic carbocycles. The maximum absolute atomic E-state index is 10.3. The molecule has 0 radical (unpaired) electrons. The summed E-state index contributed by atoms with van der Waals surface area (Å²) >= 11 is 0. The van der Waals surface area contributed by atoms with E-state index in [1.54, 1.807) is 24.3 Å². The number of amidine groups is 1. The van der Waals surface area contributed by atoms with Crippen LogP contribution in [0.2, 0.25) is 0 Å². The molecule has 104 valence electrons. The van der Waals surface area contributed by atoms with Crippen molar-refractivity contribution < 1.29 is 20.2 Å². The van der Waals surface area contributed by atoms with E-state index >= 15 is 0 Å². The molecule has 0 fully saturated rings. The van der Waals surface area contributed by atoms with Gasteiger partial charge in [0.1, 0.15) is 0 Å². The molecule has 1 aromatic rings. The van der Waals surface area contributed by atoms with Crippen LogP contribution in [0, 0.1) is 0 Å². The van der Waals surface area contributed by atoms with Crippen LogP contribution in [0.25, 0.3) is 0 Å². The van der Waals surface area contributed by atoms with Gasteiger partial charge in [-0.3, -0.25) is 4.79 Å². The molecule has 0 bridgehead atoms. The molecule has 0 spiro atoms. The third kappa shape index (κ3) is 4.94. The van der Waals surface area contributed by atoms with Crippen molar-refractivity contribution in [3.63, 3.8) is 0 Å². The van der Waals surface area contributed by atoms with E-state index < -0.39 is 12.1 Å². The zero-order valence-corrected chi connectivity index (χ0v) is 10.3. The molecular formula is C12H17N3O4. The predicted octanol–water partition coefficient (Wildman–Crippen LogP) is -0.121. The van der Waals surface area contributed by atoms with E-state index in [9.17, 15) is 9.90 Å². The van der Waals surface area contributed by atoms with E-state index in [-0.39, 0.29) is 18.8 Å². The minimum Gasteiger partial charge on any atom is -0.481 e. The molecule has 1 atom stereocenters. The fourth-order valence-electron chi connectivity index (χ4n) is 1.49. The first-order chi connectivity index (χ1) is 9.04. The molecule has 0 amide bonds. The Morgan fingerprint density at radius 2 is 2.00 bits per heavy atom. The Balaban J connectivity index is 2.49. The van der Waals surface area contributed by atoms with Crippen LogP contribution in [-0.2, 0) is 4.79 Å². The number of aliphatic carboxylic acids is 1. The number of carboxylic acid groups (broad SMARTS) is 1. The van der Waals surface area contributed by atoms with E-state index in [0.29, 0.717) is 17.7 Å². The first-order valence-electron chi connectivity index (χ1n) is 5.73. The Bertz CT molecular complexity index is 445. The molecular weight excluding hydrogens is 250 g/mol. The summed E-state index contributed by atoms with van der Waals surface area (Å²) in [5.41, 5.74) is 6.63. The molecule has 7 heteroatoms. The van der Waals surface area contributed by atoms with Crippen LogP contribution in [-0.4, -0.2) is 40.3 Å². The normalized spacial score (nSPS) is 13.2. The fraction of sp³-hybridized carbons (Fsp3) is 0.333. The second-order valence-electron chi connectivity index (χ2n) is 3.97. The van der Waals surface area contributed by atoms with Crippen LogP contribution >= 0.6 is 0 Å². The van der Waals surface area contributed by atoms with Gasteiger partial charge in [0.25, 0.3) is 0 Å². The zero-order chi connectivity index (χ0) is 14.3. The first kappa shape index (κ1) is 14.9. The lowest BCUT2D eigenvalue weighted by atomic mass is 10.1. The van der Waals surface area contributed by atoms with Crippen molar-refractivity contribution in [3.8, 4) is 0 Å². The second kappa shape index (κ2) is 7.34. The van der Waals surface area contributed by atoms with Crippen LogP contribution in [0.5, 0.6) is 0 Å². The van der Waals surface area contributed by atoms with Crippen LogP contribution in [0.3, 0.4) is 0 Å². The molecule has 0 saturated carbocycles. The first-order valence-corrected chi connectivity index (χ1v) is 5.73. The van der Waals surface area contributed by atoms with Crippen LogP contribution in [0.1, 0.15) is 23.7 Å². The summed E-state index contributed by atoms with van der Waals surface area (Å²) in [7, 11) is 0. The van der Waals surface area contributed by atoms with E-state index in [1.807, 2.05) is 0 Å². The van der Waals surface area contributed by atoms with Gasteiger partial charge in [-0.25, -0.2) is 0 Å². The van der Waals surface area contributed by atoms with Gasteiger partial charge in [-0.15, -0.1) is 0 Å². The van der Waals surface area contributed by atoms with Crippen LogP contribution in [0.15, 0.2) is 29.4 Å². The van der Waals surface area contributed by atoms with Gasteiger partial charge in [0.15, 0.2) is 5.84 Å². The number of nitrogens with one attached hydrogen (secondary N) is 1. The minimum absolute atomic E-state index is 0.000577. The Morgan fingerprint density at radius 3 is 2.53 bits per heavy atom. The number of nitrogens with zero attached hydrogens (tertiary/aromatic N) is 1. The highest BCUT2D eigenvalue weighted by Gasteiger charge is 2.08. The number of benzene rings is 1. The highest BCUT2D eigenvalue weighted by molar-refractivity contribution is 5.96. The lowest BCUT2D eigenvalue weighted by Gasteiger charge is -2.12. The number of oxime groups is 1. The topological polar surface area (TPSA) is 128 Å². The molecule has 0 aromatic heterocycles. The highest BCUT2D eigenvalue weighted by Crippen LogP contribution is 2.13. The van der Waals surface area contributed by atoms with Crippen LogP contribution in [0.4, 0.5) is 0 Å². The summed E-state index contributed by atoms with van der Waals surface area (Å²) in [6, 6.07) is 6.59. The molecule has 7 nitrogen and oxygen atoms in total. The van der Waals surface area contributed by atoms with Gasteiger partial charge in [-0.1, -0.05) is 29.4 Å². The summed E-state index contributed by atoms with van der Waals surface area (Å²) in [6.45, 7) is 0.560. The third-order valence-electron chi connectivity index (χ3n) is 2.55. The van der Waals surface area contributed by atoms with Gasteiger partial charge in [0.05, 0.1) is 12.5 Å². The molecule has 19 heavy (non-hydrogen) atoms. The monoisotopic (exact) mass is 267 g/mol. The average Bonchev–Trinajstić information content (AvgIpc) is 2.42. The second-order valence-corrected chi connectivity index (χ2v) is 3.97. The Kier molecular flexibility index (Phi) is 5.77. The maximum atomic E-state index is 10.3. The largest absolute Gasteiger partial charge is 0.481 e. The van der Waals surface area contributed by atoms with Crippen molar-refractivity contribution in [2.75, 3.05) is 13.1 Å². The molecule has 0 heterocycles. The van der Waals surface area contributed by atoms with E-state index in [2.05, 4.69) is 10.5 Å². The molecule has 6 N–H and O–H groups in total. The number of aliphatic hydroxyl groups is 1. The molecule has 1 unspecified atom stereocenters. The molecule has 0 aliphatic carbocycles. The van der Waals surface area contributed by atoms with Crippen molar-refractivity contribution in [1.82, 2.24) is 5.32 Å². The summed E-state index contributed by atoms with van der Waals surface area (Å²) < 4.78 is 0. The van der Waals surface area contributed by atoms with Gasteiger partial charge < -0.3 is 26.5 Å². The summed E-state index contributed by atoms with van der Waals surface area (Å²) in [5, 5.41) is 32.5. The third-order valence-corrected chi connectivity index (χ3v) is 2.55. The van der Waals surface area contributed by atoms with Crippen LogP contribution < -0.4 is 11.1 Å². The van der Waals surface area contributed by atoms with Gasteiger partial charge in [0, 0.05) is 18.7 Å². The van der Waals surface area contributed by atoms with Gasteiger partial charge >= 0.3 is 5.97 Å². The number of carbonyl (C=O) groups is 1. The van der Waals surface area contributed by atoms with Gasteiger partial charge in [-0.2, -0.15) is 0 Å². The summed E-state index contributed by atoms with van der Waals surface area (Å²) in [6.07, 6.45) is -0.732. The van der Waals surface area contributed by atoms with Crippen molar-refractivity contribution in [2.24, 2.45) is 10.9 Å². The maximum Gasteiger partial charge on any atom is 0.304 e. The fourth-order valence-corrected chi connectivity index (χ4v) is 1.49. The Morgan fingerprint density at radius 1 is 1.37 bits per heavy atom. The van der Waals surface area contributed by atoms with E-state index in [0.717, 1.165) is 0 Å². The molecule has 1 rings (SSSR count). The zero-order valence-electron chi connectivity index (χ0n) is 10.3. The molecule has 0 saturated heterocycles. The predicted molar refractivity (Wildman–Crippen MR) is 69.0 cm³/mol. The van der Waals surface area contributed by atoms with E-state index in [1.165, 1.54) is 0 Å². The average molecular weight is 267 g/mol. The molecule has 0 aliphatic rings. The number of hydrogen-bond acceptors (Lipinski definition) is 5. The lowest BCUT2D eigenvalue weighted by Crippen LogP contribution is -2.24. The number of aliphatic hydroxyl groups excluding tert-OH is 1. The smallest absolute Gasteiger partial charge is 0.304 e. The quantitative estimate of drug-likeness (QED) is 0.154. The number of nitrogens with two attached hydrogens (primary N) is 1. The van der Waals surface area contributed by atoms with Gasteiger partial charge in [-0.05, 0) is 5.56 Å². The number of rotatable bonds is 7. The standard InChI is InChI=1S/C12H17N3O4/c13-12(15-19)9-3-1-8(2-4-9)10(16)7-14-6-5-11(17)18/h1-4,10,14,16,19H,5-7H2,(H2,13,15)(H,17,18).